The molecule has 6 nitrogen and oxygen atoms in total. The second kappa shape index (κ2) is 9.78. The van der Waals surface area contributed by atoms with Crippen LogP contribution in [0.2, 0.25) is 0 Å². The number of amides is 2. The number of rotatable bonds is 9. The Morgan fingerprint density at radius 3 is 2.72 bits per heavy atom. The maximum absolute atomic E-state index is 12.5. The van der Waals surface area contributed by atoms with E-state index in [9.17, 15) is 9.59 Å². The van der Waals surface area contributed by atoms with Gasteiger partial charge in [-0.15, -0.1) is 0 Å². The highest BCUT2D eigenvalue weighted by molar-refractivity contribution is 7.98. The van der Waals surface area contributed by atoms with Crippen LogP contribution in [0, 0.1) is 0 Å². The molecule has 1 aromatic carbocycles. The number of ether oxygens (including phenoxy) is 1. The van der Waals surface area contributed by atoms with Gasteiger partial charge in [-0.3, -0.25) is 9.59 Å². The van der Waals surface area contributed by atoms with E-state index >= 15 is 0 Å². The Balaban J connectivity index is 1.98. The highest BCUT2D eigenvalue weighted by Crippen LogP contribution is 2.16. The van der Waals surface area contributed by atoms with Gasteiger partial charge in [-0.2, -0.15) is 11.8 Å². The average Bonchev–Trinajstić information content (AvgIpc) is 3.18. The molecule has 0 aliphatic carbocycles. The lowest BCUT2D eigenvalue weighted by Crippen LogP contribution is -2.46. The Morgan fingerprint density at radius 1 is 1.24 bits per heavy atom. The van der Waals surface area contributed by atoms with Crippen molar-refractivity contribution in [3.05, 3.63) is 54.0 Å². The molecule has 0 aliphatic rings. The molecule has 25 heavy (non-hydrogen) atoms. The Morgan fingerprint density at radius 2 is 2.04 bits per heavy atom. The van der Waals surface area contributed by atoms with E-state index in [2.05, 4.69) is 10.6 Å². The Bertz CT molecular complexity index is 688. The van der Waals surface area contributed by atoms with Crippen LogP contribution in [0.5, 0.6) is 5.75 Å². The van der Waals surface area contributed by atoms with Gasteiger partial charge >= 0.3 is 0 Å². The minimum absolute atomic E-state index is 0.187. The fourth-order valence-corrected chi connectivity index (χ4v) is 2.77. The van der Waals surface area contributed by atoms with Crippen molar-refractivity contribution in [2.45, 2.75) is 19.0 Å². The number of methoxy groups -OCH3 is 1. The summed E-state index contributed by atoms with van der Waals surface area (Å²) in [5.74, 6) is 1.02. The quantitative estimate of drug-likeness (QED) is 0.716. The molecular formula is C18H22N2O4S. The van der Waals surface area contributed by atoms with Gasteiger partial charge < -0.3 is 19.8 Å². The summed E-state index contributed by atoms with van der Waals surface area (Å²) in [7, 11) is 1.59. The molecule has 2 N–H and O–H groups in total. The molecule has 2 rings (SSSR count). The van der Waals surface area contributed by atoms with E-state index < -0.39 is 11.9 Å². The lowest BCUT2D eigenvalue weighted by molar-refractivity contribution is -0.123. The zero-order chi connectivity index (χ0) is 18.1. The standard InChI is InChI=1S/C18H22N2O4S/c1-23-15-7-4-3-6-13(15)12-19-17(21)14(9-11-25-2)20-18(22)16-8-5-10-24-16/h3-8,10,14H,9,11-12H2,1-2H3,(H,19,21)(H,20,22). The van der Waals surface area contributed by atoms with Crippen molar-refractivity contribution >= 4 is 23.6 Å². The van der Waals surface area contributed by atoms with Crippen LogP contribution in [0.4, 0.5) is 0 Å². The summed E-state index contributed by atoms with van der Waals surface area (Å²) in [4.78, 5) is 24.7. The molecule has 7 heteroatoms. The zero-order valence-electron chi connectivity index (χ0n) is 14.3. The van der Waals surface area contributed by atoms with E-state index in [0.29, 0.717) is 18.7 Å². The zero-order valence-corrected chi connectivity index (χ0v) is 15.1. The van der Waals surface area contributed by atoms with E-state index in [1.54, 1.807) is 31.0 Å². The monoisotopic (exact) mass is 362 g/mol. The van der Waals surface area contributed by atoms with Crippen molar-refractivity contribution in [1.29, 1.82) is 0 Å². The predicted molar refractivity (Wildman–Crippen MR) is 97.8 cm³/mol. The second-order valence-electron chi connectivity index (χ2n) is 5.31. The van der Waals surface area contributed by atoms with Crippen LogP contribution in [-0.4, -0.2) is 37.0 Å². The molecule has 0 saturated carbocycles. The van der Waals surface area contributed by atoms with Crippen LogP contribution < -0.4 is 15.4 Å². The molecule has 2 amide bonds. The summed E-state index contributed by atoms with van der Waals surface area (Å²) in [6.45, 7) is 0.329. The number of carbonyl (C=O) groups is 2. The first-order valence-electron chi connectivity index (χ1n) is 7.88. The van der Waals surface area contributed by atoms with Gasteiger partial charge in [0, 0.05) is 12.1 Å². The number of thioether (sulfide) groups is 1. The van der Waals surface area contributed by atoms with E-state index in [-0.39, 0.29) is 11.7 Å². The van der Waals surface area contributed by atoms with Crippen molar-refractivity contribution in [2.75, 3.05) is 19.1 Å². The lowest BCUT2D eigenvalue weighted by Gasteiger charge is -2.18. The minimum atomic E-state index is -0.625. The Kier molecular flexibility index (Phi) is 7.40. The molecule has 1 aromatic heterocycles. The van der Waals surface area contributed by atoms with Crippen LogP contribution in [0.15, 0.2) is 47.1 Å². The van der Waals surface area contributed by atoms with E-state index in [0.717, 1.165) is 11.3 Å². The van der Waals surface area contributed by atoms with Gasteiger partial charge in [-0.05, 0) is 36.6 Å². The summed E-state index contributed by atoms with van der Waals surface area (Å²) >= 11 is 1.62. The molecule has 1 heterocycles. The van der Waals surface area contributed by atoms with Crippen molar-refractivity contribution < 1.29 is 18.7 Å². The SMILES string of the molecule is COc1ccccc1CNC(=O)C(CCSC)NC(=O)c1ccco1. The van der Waals surface area contributed by atoms with Crippen molar-refractivity contribution in [1.82, 2.24) is 10.6 Å². The smallest absolute Gasteiger partial charge is 0.287 e. The molecule has 0 aliphatic heterocycles. The fraction of sp³-hybridized carbons (Fsp3) is 0.333. The largest absolute Gasteiger partial charge is 0.496 e. The van der Waals surface area contributed by atoms with Gasteiger partial charge in [0.15, 0.2) is 5.76 Å². The minimum Gasteiger partial charge on any atom is -0.496 e. The first kappa shape index (κ1) is 18.9. The van der Waals surface area contributed by atoms with Gasteiger partial charge in [-0.25, -0.2) is 0 Å². The number of para-hydroxylation sites is 1. The van der Waals surface area contributed by atoms with Gasteiger partial charge in [0.2, 0.25) is 5.91 Å². The van der Waals surface area contributed by atoms with Crippen molar-refractivity contribution in [3.8, 4) is 5.75 Å². The van der Waals surface area contributed by atoms with Crippen molar-refractivity contribution in [2.24, 2.45) is 0 Å². The maximum atomic E-state index is 12.5. The van der Waals surface area contributed by atoms with Gasteiger partial charge in [0.25, 0.3) is 5.91 Å². The molecule has 0 fully saturated rings. The lowest BCUT2D eigenvalue weighted by atomic mass is 10.1. The Labute approximate surface area is 151 Å². The van der Waals surface area contributed by atoms with Crippen LogP contribution in [0.1, 0.15) is 22.5 Å². The second-order valence-corrected chi connectivity index (χ2v) is 6.30. The Hall–Kier alpha value is -2.41. The number of carbonyl (C=O) groups excluding carboxylic acids is 2. The van der Waals surface area contributed by atoms with E-state index in [1.165, 1.54) is 6.26 Å². The van der Waals surface area contributed by atoms with Gasteiger partial charge in [0.05, 0.1) is 13.4 Å². The fourth-order valence-electron chi connectivity index (χ4n) is 2.30. The van der Waals surface area contributed by atoms with Gasteiger partial charge in [0.1, 0.15) is 11.8 Å². The number of nitrogens with one attached hydrogen (secondary N) is 2. The first-order valence-corrected chi connectivity index (χ1v) is 9.28. The van der Waals surface area contributed by atoms with Crippen LogP contribution in [0.25, 0.3) is 0 Å². The summed E-state index contributed by atoms with van der Waals surface area (Å²) < 4.78 is 10.4. The molecule has 2 aromatic rings. The normalized spacial score (nSPS) is 11.6. The number of furan rings is 1. The molecule has 134 valence electrons. The topological polar surface area (TPSA) is 80.6 Å². The summed E-state index contributed by atoms with van der Waals surface area (Å²) in [5, 5.41) is 5.59. The molecule has 0 bridgehead atoms. The third kappa shape index (κ3) is 5.56. The first-order chi connectivity index (χ1) is 12.2. The summed E-state index contributed by atoms with van der Waals surface area (Å²) in [6, 6.07) is 10.0. The number of hydrogen-bond acceptors (Lipinski definition) is 5. The predicted octanol–water partition coefficient (Wildman–Crippen LogP) is 2.46. The summed E-state index contributed by atoms with van der Waals surface area (Å²) in [6.07, 6.45) is 3.91. The molecular weight excluding hydrogens is 340 g/mol. The van der Waals surface area contributed by atoms with E-state index in [4.69, 9.17) is 9.15 Å². The molecule has 0 saturated heterocycles. The van der Waals surface area contributed by atoms with Crippen LogP contribution in [-0.2, 0) is 11.3 Å². The number of hydrogen-bond donors (Lipinski definition) is 2. The number of benzene rings is 1. The molecule has 1 atom stereocenters. The highest BCUT2D eigenvalue weighted by atomic mass is 32.2. The van der Waals surface area contributed by atoms with Crippen LogP contribution in [0.3, 0.4) is 0 Å². The van der Waals surface area contributed by atoms with Crippen LogP contribution >= 0.6 is 11.8 Å². The van der Waals surface area contributed by atoms with E-state index in [1.807, 2.05) is 30.5 Å². The molecule has 1 unspecified atom stereocenters. The maximum Gasteiger partial charge on any atom is 0.287 e. The molecule has 0 radical (unpaired) electrons. The molecule has 0 spiro atoms. The third-order valence-electron chi connectivity index (χ3n) is 3.62. The summed E-state index contributed by atoms with van der Waals surface area (Å²) in [5.41, 5.74) is 0.874. The highest BCUT2D eigenvalue weighted by Gasteiger charge is 2.22. The third-order valence-corrected chi connectivity index (χ3v) is 4.27. The van der Waals surface area contributed by atoms with Gasteiger partial charge in [-0.1, -0.05) is 18.2 Å². The average molecular weight is 362 g/mol. The van der Waals surface area contributed by atoms with Crippen molar-refractivity contribution in [3.63, 3.8) is 0 Å².